The van der Waals surface area contributed by atoms with E-state index in [-0.39, 0.29) is 12.1 Å². The molecule has 2 bridgehead atoms. The van der Waals surface area contributed by atoms with Gasteiger partial charge < -0.3 is 15.7 Å². The summed E-state index contributed by atoms with van der Waals surface area (Å²) < 4.78 is 0. The smallest absolute Gasteiger partial charge is 0.329 e. The fourth-order valence-electron chi connectivity index (χ4n) is 4.23. The summed E-state index contributed by atoms with van der Waals surface area (Å²) in [5.74, 6) is 1.16. The number of fused-ring (bicyclic) bond motifs is 2. The number of carbonyl (C=O) groups excluding carboxylic acids is 1. The Bertz CT molecular complexity index is 412. The quantitative estimate of drug-likeness (QED) is 0.705. The second kappa shape index (κ2) is 6.24. The van der Waals surface area contributed by atoms with E-state index < -0.39 is 11.5 Å². The van der Waals surface area contributed by atoms with Gasteiger partial charge in [-0.2, -0.15) is 0 Å². The van der Waals surface area contributed by atoms with Crippen LogP contribution in [-0.2, 0) is 4.79 Å². The van der Waals surface area contributed by atoms with Crippen molar-refractivity contribution >= 4 is 12.0 Å². The van der Waals surface area contributed by atoms with Gasteiger partial charge in [0.15, 0.2) is 0 Å². The molecule has 21 heavy (non-hydrogen) atoms. The van der Waals surface area contributed by atoms with Crippen LogP contribution in [0.2, 0.25) is 0 Å². The van der Waals surface area contributed by atoms with Crippen LogP contribution in [0.25, 0.3) is 0 Å². The Morgan fingerprint density at radius 3 is 2.52 bits per heavy atom. The Kier molecular flexibility index (Phi) is 4.79. The first-order chi connectivity index (χ1) is 9.85. The van der Waals surface area contributed by atoms with Gasteiger partial charge in [0, 0.05) is 6.04 Å². The highest BCUT2D eigenvalue weighted by Gasteiger charge is 2.42. The molecule has 0 heterocycles. The van der Waals surface area contributed by atoms with Crippen molar-refractivity contribution in [3.05, 3.63) is 0 Å². The van der Waals surface area contributed by atoms with Gasteiger partial charge in [-0.15, -0.1) is 0 Å². The van der Waals surface area contributed by atoms with Gasteiger partial charge in [-0.1, -0.05) is 19.8 Å². The molecule has 0 aliphatic heterocycles. The number of carbonyl (C=O) groups is 2. The molecule has 0 saturated heterocycles. The summed E-state index contributed by atoms with van der Waals surface area (Å²) in [6.07, 6.45) is 6.28. The maximum absolute atomic E-state index is 12.1. The third-order valence-corrected chi connectivity index (χ3v) is 5.41. The Morgan fingerprint density at radius 1 is 1.33 bits per heavy atom. The number of rotatable bonds is 6. The zero-order chi connectivity index (χ0) is 15.6. The van der Waals surface area contributed by atoms with Crippen LogP contribution in [0.15, 0.2) is 0 Å². The lowest BCUT2D eigenvalue weighted by molar-refractivity contribution is -0.144. The van der Waals surface area contributed by atoms with Crippen LogP contribution in [0.3, 0.4) is 0 Å². The van der Waals surface area contributed by atoms with Crippen molar-refractivity contribution in [3.63, 3.8) is 0 Å². The summed E-state index contributed by atoms with van der Waals surface area (Å²) in [5, 5.41) is 14.9. The number of aliphatic carboxylic acids is 1. The molecular formula is C16H28N2O3. The Hall–Kier alpha value is -1.26. The molecule has 0 aromatic heterocycles. The first-order valence-electron chi connectivity index (χ1n) is 8.17. The molecule has 5 unspecified atom stereocenters. The summed E-state index contributed by atoms with van der Waals surface area (Å²) in [7, 11) is 0. The van der Waals surface area contributed by atoms with Crippen molar-refractivity contribution in [2.24, 2.45) is 17.8 Å². The van der Waals surface area contributed by atoms with Crippen LogP contribution in [-0.4, -0.2) is 28.7 Å². The molecule has 0 aromatic carbocycles. The molecule has 3 N–H and O–H groups in total. The van der Waals surface area contributed by atoms with Crippen molar-refractivity contribution < 1.29 is 14.7 Å². The van der Waals surface area contributed by atoms with Gasteiger partial charge in [0.05, 0.1) is 0 Å². The number of nitrogens with one attached hydrogen (secondary N) is 2. The fourth-order valence-corrected chi connectivity index (χ4v) is 4.23. The fraction of sp³-hybridized carbons (Fsp3) is 0.875. The minimum absolute atomic E-state index is 0.111. The molecule has 2 amide bonds. The lowest BCUT2D eigenvalue weighted by Crippen LogP contribution is -2.57. The molecule has 0 spiro atoms. The zero-order valence-corrected chi connectivity index (χ0v) is 13.3. The van der Waals surface area contributed by atoms with Crippen molar-refractivity contribution in [1.82, 2.24) is 10.6 Å². The first kappa shape index (κ1) is 16.1. The van der Waals surface area contributed by atoms with Gasteiger partial charge in [0.1, 0.15) is 5.54 Å². The molecule has 5 atom stereocenters. The van der Waals surface area contributed by atoms with Gasteiger partial charge in [0.2, 0.25) is 0 Å². The maximum Gasteiger partial charge on any atom is 0.329 e. The predicted molar refractivity (Wildman–Crippen MR) is 81.0 cm³/mol. The second-order valence-corrected chi connectivity index (χ2v) is 7.11. The standard InChI is InChI=1S/C16H28N2O3/c1-4-7-16(3,14(19)20)18-15(21)17-10(2)13-9-11-5-6-12(13)8-11/h10-13H,4-9H2,1-3H3,(H,19,20)(H2,17,18,21). The highest BCUT2D eigenvalue weighted by atomic mass is 16.4. The van der Waals surface area contributed by atoms with Gasteiger partial charge in [-0.3, -0.25) is 0 Å². The van der Waals surface area contributed by atoms with Gasteiger partial charge in [0.25, 0.3) is 0 Å². The molecule has 2 fully saturated rings. The second-order valence-electron chi connectivity index (χ2n) is 7.11. The summed E-state index contributed by atoms with van der Waals surface area (Å²) in [6, 6.07) is -0.247. The van der Waals surface area contributed by atoms with E-state index in [9.17, 15) is 14.7 Å². The summed E-state index contributed by atoms with van der Waals surface area (Å²) >= 11 is 0. The van der Waals surface area contributed by atoms with Crippen molar-refractivity contribution in [3.8, 4) is 0 Å². The van der Waals surface area contributed by atoms with E-state index in [0.29, 0.717) is 18.8 Å². The average molecular weight is 296 g/mol. The van der Waals surface area contributed by atoms with Crippen LogP contribution in [0.4, 0.5) is 4.79 Å². The third kappa shape index (κ3) is 3.50. The summed E-state index contributed by atoms with van der Waals surface area (Å²) in [4.78, 5) is 23.5. The van der Waals surface area contributed by atoms with Crippen LogP contribution >= 0.6 is 0 Å². The minimum atomic E-state index is -1.19. The average Bonchev–Trinajstić information content (AvgIpc) is 3.00. The monoisotopic (exact) mass is 296 g/mol. The van der Waals surface area contributed by atoms with Crippen LogP contribution in [0.5, 0.6) is 0 Å². The summed E-state index contributed by atoms with van der Waals surface area (Å²) in [6.45, 7) is 5.53. The van der Waals surface area contributed by atoms with Gasteiger partial charge in [-0.25, -0.2) is 9.59 Å². The number of carboxylic acids is 1. The van der Waals surface area contributed by atoms with E-state index in [0.717, 1.165) is 11.8 Å². The van der Waals surface area contributed by atoms with Crippen molar-refractivity contribution in [1.29, 1.82) is 0 Å². The van der Waals surface area contributed by atoms with E-state index in [2.05, 4.69) is 10.6 Å². The predicted octanol–water partition coefficient (Wildman–Crippen LogP) is 2.75. The number of urea groups is 1. The Morgan fingerprint density at radius 2 is 2.05 bits per heavy atom. The van der Waals surface area contributed by atoms with Crippen molar-refractivity contribution in [2.75, 3.05) is 0 Å². The molecule has 5 heteroatoms. The van der Waals surface area contributed by atoms with E-state index >= 15 is 0 Å². The summed E-state index contributed by atoms with van der Waals surface area (Å²) in [5.41, 5.74) is -1.19. The van der Waals surface area contributed by atoms with Crippen LogP contribution in [0.1, 0.15) is 59.3 Å². The molecule has 0 radical (unpaired) electrons. The number of hydrogen-bond donors (Lipinski definition) is 3. The topological polar surface area (TPSA) is 78.4 Å². The third-order valence-electron chi connectivity index (χ3n) is 5.41. The lowest BCUT2D eigenvalue weighted by Gasteiger charge is -2.31. The van der Waals surface area contributed by atoms with E-state index in [1.807, 2.05) is 13.8 Å². The van der Waals surface area contributed by atoms with E-state index in [1.54, 1.807) is 6.92 Å². The highest BCUT2D eigenvalue weighted by Crippen LogP contribution is 2.49. The zero-order valence-electron chi connectivity index (χ0n) is 13.3. The van der Waals surface area contributed by atoms with E-state index in [1.165, 1.54) is 25.7 Å². The number of carboxylic acid groups (broad SMARTS) is 1. The largest absolute Gasteiger partial charge is 0.480 e. The van der Waals surface area contributed by atoms with Crippen LogP contribution < -0.4 is 10.6 Å². The Labute approximate surface area is 126 Å². The molecule has 5 nitrogen and oxygen atoms in total. The maximum atomic E-state index is 12.1. The Balaban J connectivity index is 1.87. The first-order valence-corrected chi connectivity index (χ1v) is 8.17. The molecule has 120 valence electrons. The number of hydrogen-bond acceptors (Lipinski definition) is 2. The normalized spacial score (nSPS) is 31.5. The number of amides is 2. The highest BCUT2D eigenvalue weighted by molar-refractivity contribution is 5.85. The minimum Gasteiger partial charge on any atom is -0.480 e. The molecule has 2 saturated carbocycles. The molecule has 2 aliphatic carbocycles. The van der Waals surface area contributed by atoms with Crippen molar-refractivity contribution in [2.45, 2.75) is 70.9 Å². The molecular weight excluding hydrogens is 268 g/mol. The van der Waals surface area contributed by atoms with Crippen LogP contribution in [0, 0.1) is 17.8 Å². The van der Waals surface area contributed by atoms with E-state index in [4.69, 9.17) is 0 Å². The molecule has 0 aromatic rings. The van der Waals surface area contributed by atoms with Gasteiger partial charge in [-0.05, 0) is 57.3 Å². The molecule has 2 aliphatic rings. The van der Waals surface area contributed by atoms with Gasteiger partial charge >= 0.3 is 12.0 Å². The lowest BCUT2D eigenvalue weighted by atomic mass is 9.84. The molecule has 2 rings (SSSR count). The SMILES string of the molecule is CCCC(C)(NC(=O)NC(C)C1CC2CCC1C2)C(=O)O.